The Labute approximate surface area is 120 Å². The van der Waals surface area contributed by atoms with Gasteiger partial charge in [0, 0.05) is 12.7 Å². The van der Waals surface area contributed by atoms with Crippen molar-refractivity contribution in [2.75, 3.05) is 12.8 Å². The minimum Gasteiger partial charge on any atom is -0.567 e. The van der Waals surface area contributed by atoms with Gasteiger partial charge in [-0.25, -0.2) is 4.52 Å². The maximum absolute atomic E-state index is 5.69. The average Bonchev–Trinajstić information content (AvgIpc) is 2.97. The van der Waals surface area contributed by atoms with Crippen LogP contribution in [0, 0.1) is 0 Å². The van der Waals surface area contributed by atoms with Crippen LogP contribution in [0.3, 0.4) is 0 Å². The summed E-state index contributed by atoms with van der Waals surface area (Å²) in [5, 5.41) is 4.19. The summed E-state index contributed by atoms with van der Waals surface area (Å²) < 4.78 is 6.52. The van der Waals surface area contributed by atoms with Gasteiger partial charge in [0.05, 0.1) is 17.9 Å². The second-order valence-corrected chi connectivity index (χ2v) is 3.99. The first-order chi connectivity index (χ1) is 9.78. The zero-order chi connectivity index (χ0) is 14.5. The number of pyridine rings is 1. The second-order valence-electron chi connectivity index (χ2n) is 3.99. The SMILES string of the molecule is CN.[2HH].[B]Oc1cc(-c2ccc(N)cc2)c2ccnn2c1. The highest BCUT2D eigenvalue weighted by molar-refractivity contribution is 6.00. The molecule has 0 bridgehead atoms. The number of nitrogens with two attached hydrogens (primary N) is 2. The Bertz CT molecular complexity index is 700. The molecule has 2 aromatic heterocycles. The third-order valence-electron chi connectivity index (χ3n) is 2.84. The predicted molar refractivity (Wildman–Crippen MR) is 83.6 cm³/mol. The Balaban J connectivity index is 0.000000706. The van der Waals surface area contributed by atoms with Crippen molar-refractivity contribution in [1.82, 2.24) is 9.61 Å². The first-order valence-electron chi connectivity index (χ1n) is 6.06. The molecule has 0 atom stereocenters. The summed E-state index contributed by atoms with van der Waals surface area (Å²) in [5.74, 6) is 0.554. The van der Waals surface area contributed by atoms with E-state index in [4.69, 9.17) is 18.4 Å². The van der Waals surface area contributed by atoms with Crippen LogP contribution in [0.1, 0.15) is 1.43 Å². The van der Waals surface area contributed by atoms with E-state index in [-0.39, 0.29) is 1.43 Å². The molecule has 6 heteroatoms. The first kappa shape index (κ1) is 14.0. The van der Waals surface area contributed by atoms with Gasteiger partial charge in [-0.15, -0.1) is 0 Å². The summed E-state index contributed by atoms with van der Waals surface area (Å²) in [6.45, 7) is 0. The number of rotatable bonds is 2. The van der Waals surface area contributed by atoms with Crippen LogP contribution in [0.4, 0.5) is 5.69 Å². The molecule has 20 heavy (non-hydrogen) atoms. The Morgan fingerprint density at radius 2 is 1.90 bits per heavy atom. The minimum atomic E-state index is 0. The van der Waals surface area contributed by atoms with E-state index in [2.05, 4.69) is 10.8 Å². The van der Waals surface area contributed by atoms with Gasteiger partial charge < -0.3 is 16.1 Å². The smallest absolute Gasteiger partial charge is 0.374 e. The van der Waals surface area contributed by atoms with Gasteiger partial charge in [0.15, 0.2) is 0 Å². The summed E-state index contributed by atoms with van der Waals surface area (Å²) in [6.07, 6.45) is 3.46. The molecule has 0 saturated carbocycles. The van der Waals surface area contributed by atoms with Crippen molar-refractivity contribution in [3.05, 3.63) is 48.8 Å². The Kier molecular flexibility index (Phi) is 4.27. The molecule has 2 radical (unpaired) electrons. The van der Waals surface area contributed by atoms with Gasteiger partial charge in [-0.1, -0.05) is 12.1 Å². The van der Waals surface area contributed by atoms with Crippen LogP contribution < -0.4 is 16.1 Å². The normalized spacial score (nSPS) is 9.90. The van der Waals surface area contributed by atoms with E-state index in [1.165, 1.54) is 7.05 Å². The highest BCUT2D eigenvalue weighted by Gasteiger charge is 2.07. The molecule has 2 heterocycles. The largest absolute Gasteiger partial charge is 0.567 e. The van der Waals surface area contributed by atoms with Crippen molar-refractivity contribution in [1.29, 1.82) is 0 Å². The van der Waals surface area contributed by atoms with Crippen LogP contribution in [-0.4, -0.2) is 24.7 Å². The lowest BCUT2D eigenvalue weighted by molar-refractivity contribution is 0.608. The van der Waals surface area contributed by atoms with Crippen molar-refractivity contribution in [3.63, 3.8) is 0 Å². The number of fused-ring (bicyclic) bond motifs is 1. The third kappa shape index (κ3) is 2.60. The fourth-order valence-electron chi connectivity index (χ4n) is 1.96. The summed E-state index contributed by atoms with van der Waals surface area (Å²) >= 11 is 0. The van der Waals surface area contributed by atoms with E-state index in [0.29, 0.717) is 5.75 Å². The van der Waals surface area contributed by atoms with Crippen molar-refractivity contribution in [2.24, 2.45) is 5.73 Å². The summed E-state index contributed by atoms with van der Waals surface area (Å²) in [4.78, 5) is 0. The molecule has 0 unspecified atom stereocenters. The van der Waals surface area contributed by atoms with E-state index >= 15 is 0 Å². The number of nitrogen functional groups attached to an aromatic ring is 1. The van der Waals surface area contributed by atoms with Gasteiger partial charge in [-0.3, -0.25) is 0 Å². The van der Waals surface area contributed by atoms with Gasteiger partial charge in [-0.05, 0) is 36.9 Å². The zero-order valence-electron chi connectivity index (χ0n) is 11.2. The average molecular weight is 269 g/mol. The number of hydrogen-bond donors (Lipinski definition) is 2. The Hall–Kier alpha value is -2.47. The molecule has 1 aromatic carbocycles. The molecular formula is C14H17BN4O. The topological polar surface area (TPSA) is 78.6 Å². The summed E-state index contributed by atoms with van der Waals surface area (Å²) in [5.41, 5.74) is 13.9. The minimum absolute atomic E-state index is 0. The zero-order valence-corrected chi connectivity index (χ0v) is 11.2. The highest BCUT2D eigenvalue weighted by atomic mass is 16.4. The molecule has 3 aromatic rings. The lowest BCUT2D eigenvalue weighted by Crippen LogP contribution is -1.94. The van der Waals surface area contributed by atoms with Gasteiger partial charge in [0.1, 0.15) is 5.75 Å². The molecule has 0 amide bonds. The van der Waals surface area contributed by atoms with E-state index in [1.807, 2.05) is 36.4 Å². The quantitative estimate of drug-likeness (QED) is 0.550. The molecule has 5 nitrogen and oxygen atoms in total. The van der Waals surface area contributed by atoms with E-state index in [9.17, 15) is 0 Å². The number of aromatic nitrogens is 2. The molecule has 0 saturated heterocycles. The van der Waals surface area contributed by atoms with E-state index in [0.717, 1.165) is 22.3 Å². The lowest BCUT2D eigenvalue weighted by atomic mass is 10.0. The number of anilines is 1. The van der Waals surface area contributed by atoms with Crippen LogP contribution >= 0.6 is 0 Å². The molecule has 0 aliphatic heterocycles. The highest BCUT2D eigenvalue weighted by Crippen LogP contribution is 2.28. The van der Waals surface area contributed by atoms with Gasteiger partial charge >= 0.3 is 8.05 Å². The van der Waals surface area contributed by atoms with Crippen molar-refractivity contribution in [3.8, 4) is 16.9 Å². The van der Waals surface area contributed by atoms with Gasteiger partial charge in [-0.2, -0.15) is 5.10 Å². The van der Waals surface area contributed by atoms with Crippen LogP contribution in [0.5, 0.6) is 5.75 Å². The van der Waals surface area contributed by atoms with Crippen LogP contribution in [-0.2, 0) is 0 Å². The summed E-state index contributed by atoms with van der Waals surface area (Å²) in [6, 6.07) is 11.4. The van der Waals surface area contributed by atoms with Crippen molar-refractivity contribution >= 4 is 19.3 Å². The Morgan fingerprint density at radius 3 is 2.55 bits per heavy atom. The fourth-order valence-corrected chi connectivity index (χ4v) is 1.96. The monoisotopic (exact) mass is 269 g/mol. The number of hydrogen-bond acceptors (Lipinski definition) is 4. The van der Waals surface area contributed by atoms with Crippen molar-refractivity contribution in [2.45, 2.75) is 0 Å². The molecule has 102 valence electrons. The fraction of sp³-hybridized carbons (Fsp3) is 0.0714. The standard InChI is InChI=1S/C13H10BN3O.CH5N.H2/c14-18-11-7-12(9-1-3-10(15)4-2-9)13-5-6-16-17(13)8-11;1-2;/h1-8H,15H2;2H2,1H3;1H/i;;1+1. The molecular weight excluding hydrogens is 251 g/mol. The first-order valence-corrected chi connectivity index (χ1v) is 6.06. The van der Waals surface area contributed by atoms with Crippen LogP contribution in [0.25, 0.3) is 16.6 Å². The number of benzene rings is 1. The number of nitrogens with zero attached hydrogens (tertiary/aromatic N) is 2. The molecule has 0 spiro atoms. The molecule has 4 N–H and O–H groups in total. The summed E-state index contributed by atoms with van der Waals surface area (Å²) in [7, 11) is 6.72. The van der Waals surface area contributed by atoms with Crippen molar-refractivity contribution < 1.29 is 6.08 Å². The van der Waals surface area contributed by atoms with Gasteiger partial charge in [0.25, 0.3) is 0 Å². The molecule has 0 aliphatic rings. The third-order valence-corrected chi connectivity index (χ3v) is 2.84. The molecule has 0 fully saturated rings. The van der Waals surface area contributed by atoms with E-state index < -0.39 is 0 Å². The maximum atomic E-state index is 5.69. The van der Waals surface area contributed by atoms with Crippen LogP contribution in [0.15, 0.2) is 48.8 Å². The predicted octanol–water partition coefficient (Wildman–Crippen LogP) is 1.87. The molecule has 0 aliphatic carbocycles. The lowest BCUT2D eigenvalue weighted by Gasteiger charge is -2.08. The van der Waals surface area contributed by atoms with E-state index in [1.54, 1.807) is 16.9 Å². The van der Waals surface area contributed by atoms with Crippen LogP contribution in [0.2, 0.25) is 0 Å². The Morgan fingerprint density at radius 1 is 1.20 bits per heavy atom. The van der Waals surface area contributed by atoms with Gasteiger partial charge in [0.2, 0.25) is 0 Å². The second kappa shape index (κ2) is 6.12. The maximum Gasteiger partial charge on any atom is 0.374 e. The molecule has 3 rings (SSSR count).